The Morgan fingerprint density at radius 1 is 1.06 bits per heavy atom. The molecule has 4 aromatic rings. The molecule has 1 saturated heterocycles. The summed E-state index contributed by atoms with van der Waals surface area (Å²) in [5.41, 5.74) is 3.84. The van der Waals surface area contributed by atoms with E-state index in [0.717, 1.165) is 29.9 Å². The van der Waals surface area contributed by atoms with E-state index >= 15 is 0 Å². The van der Waals surface area contributed by atoms with Gasteiger partial charge in [0, 0.05) is 31.2 Å². The standard InChI is InChI=1S/C23H19N7O/c24-12-15-3-6-19(25-13-15)22-28-18-7-5-17(11-20(18)29-22)27-23(31)16-4-8-21(26-14-16)30-9-1-2-10-30/h3-8,11,13-14H,1-2,9-10H2,(H,27,31)(H,28,29). The molecule has 0 spiro atoms. The predicted octanol–water partition coefficient (Wildman–Crippen LogP) is 3.74. The van der Waals surface area contributed by atoms with Gasteiger partial charge in [-0.1, -0.05) is 0 Å². The van der Waals surface area contributed by atoms with Crippen molar-refractivity contribution in [3.05, 3.63) is 66.0 Å². The van der Waals surface area contributed by atoms with Gasteiger partial charge in [0.15, 0.2) is 5.82 Å². The summed E-state index contributed by atoms with van der Waals surface area (Å²) in [4.78, 5) is 31.3. The van der Waals surface area contributed by atoms with Crippen LogP contribution in [-0.4, -0.2) is 38.9 Å². The van der Waals surface area contributed by atoms with Crippen LogP contribution < -0.4 is 10.2 Å². The smallest absolute Gasteiger partial charge is 0.257 e. The maximum atomic E-state index is 12.6. The van der Waals surface area contributed by atoms with Gasteiger partial charge in [-0.05, 0) is 55.3 Å². The normalized spacial score (nSPS) is 13.3. The van der Waals surface area contributed by atoms with Gasteiger partial charge in [-0.3, -0.25) is 9.78 Å². The third-order valence-corrected chi connectivity index (χ3v) is 5.32. The molecular weight excluding hydrogens is 390 g/mol. The van der Waals surface area contributed by atoms with Gasteiger partial charge in [-0.25, -0.2) is 9.97 Å². The molecule has 1 amide bonds. The second-order valence-corrected chi connectivity index (χ2v) is 7.41. The number of anilines is 2. The van der Waals surface area contributed by atoms with Gasteiger partial charge < -0.3 is 15.2 Å². The quantitative estimate of drug-likeness (QED) is 0.531. The molecule has 4 heterocycles. The number of carbonyl (C=O) groups excluding carboxylic acids is 1. The first-order valence-corrected chi connectivity index (χ1v) is 10.1. The van der Waals surface area contributed by atoms with E-state index in [1.165, 1.54) is 19.0 Å². The van der Waals surface area contributed by atoms with Crippen molar-refractivity contribution in [1.29, 1.82) is 5.26 Å². The number of fused-ring (bicyclic) bond motifs is 1. The number of nitrogens with one attached hydrogen (secondary N) is 2. The highest BCUT2D eigenvalue weighted by Crippen LogP contribution is 2.23. The van der Waals surface area contributed by atoms with E-state index in [1.54, 1.807) is 24.4 Å². The number of benzene rings is 1. The van der Waals surface area contributed by atoms with Crippen molar-refractivity contribution in [2.75, 3.05) is 23.3 Å². The highest BCUT2D eigenvalue weighted by atomic mass is 16.1. The first-order chi connectivity index (χ1) is 15.2. The van der Waals surface area contributed by atoms with Crippen molar-refractivity contribution in [3.63, 3.8) is 0 Å². The molecule has 1 fully saturated rings. The molecule has 0 radical (unpaired) electrons. The van der Waals surface area contributed by atoms with Crippen LogP contribution in [0.25, 0.3) is 22.6 Å². The molecule has 8 nitrogen and oxygen atoms in total. The van der Waals surface area contributed by atoms with E-state index in [2.05, 4.69) is 30.2 Å². The Balaban J connectivity index is 1.33. The Hall–Kier alpha value is -4.25. The number of nitrogens with zero attached hydrogens (tertiary/aromatic N) is 5. The molecule has 1 aromatic carbocycles. The van der Waals surface area contributed by atoms with E-state index in [0.29, 0.717) is 28.3 Å². The number of hydrogen-bond acceptors (Lipinski definition) is 6. The summed E-state index contributed by atoms with van der Waals surface area (Å²) in [6.07, 6.45) is 5.50. The Bertz CT molecular complexity index is 1280. The van der Waals surface area contributed by atoms with Crippen molar-refractivity contribution in [2.45, 2.75) is 12.8 Å². The molecule has 8 heteroatoms. The molecular formula is C23H19N7O. The zero-order valence-corrected chi connectivity index (χ0v) is 16.7. The Morgan fingerprint density at radius 2 is 1.94 bits per heavy atom. The fourth-order valence-electron chi connectivity index (χ4n) is 3.67. The predicted molar refractivity (Wildman–Crippen MR) is 118 cm³/mol. The minimum atomic E-state index is -0.215. The number of rotatable bonds is 4. The van der Waals surface area contributed by atoms with Crippen LogP contribution in [0.3, 0.4) is 0 Å². The Kier molecular flexibility index (Phi) is 4.77. The molecule has 0 aliphatic carbocycles. The number of carbonyl (C=O) groups is 1. The van der Waals surface area contributed by atoms with Crippen molar-refractivity contribution < 1.29 is 4.79 Å². The molecule has 3 aromatic heterocycles. The average molecular weight is 409 g/mol. The zero-order valence-electron chi connectivity index (χ0n) is 16.7. The summed E-state index contributed by atoms with van der Waals surface area (Å²) in [5.74, 6) is 1.30. The topological polar surface area (TPSA) is 111 Å². The first kappa shape index (κ1) is 18.8. The summed E-state index contributed by atoms with van der Waals surface area (Å²) in [6.45, 7) is 2.03. The van der Waals surface area contributed by atoms with Gasteiger partial charge in [0.05, 0.1) is 22.2 Å². The molecule has 2 N–H and O–H groups in total. The lowest BCUT2D eigenvalue weighted by Gasteiger charge is -2.16. The van der Waals surface area contributed by atoms with Gasteiger partial charge in [-0.2, -0.15) is 5.26 Å². The fourth-order valence-corrected chi connectivity index (χ4v) is 3.67. The molecule has 0 saturated carbocycles. The molecule has 1 aliphatic heterocycles. The minimum absolute atomic E-state index is 0.215. The third kappa shape index (κ3) is 3.81. The number of amides is 1. The lowest BCUT2D eigenvalue weighted by atomic mass is 10.2. The molecule has 0 unspecified atom stereocenters. The molecule has 0 atom stereocenters. The summed E-state index contributed by atoms with van der Waals surface area (Å²) < 4.78 is 0. The van der Waals surface area contributed by atoms with E-state index in [1.807, 2.05) is 30.3 Å². The molecule has 5 rings (SSSR count). The summed E-state index contributed by atoms with van der Waals surface area (Å²) in [7, 11) is 0. The van der Waals surface area contributed by atoms with Gasteiger partial charge in [0.1, 0.15) is 17.6 Å². The number of aromatic nitrogens is 4. The monoisotopic (exact) mass is 409 g/mol. The summed E-state index contributed by atoms with van der Waals surface area (Å²) >= 11 is 0. The maximum Gasteiger partial charge on any atom is 0.257 e. The van der Waals surface area contributed by atoms with Gasteiger partial charge in [0.25, 0.3) is 5.91 Å². The first-order valence-electron chi connectivity index (χ1n) is 10.1. The van der Waals surface area contributed by atoms with Crippen molar-refractivity contribution in [2.24, 2.45) is 0 Å². The molecule has 31 heavy (non-hydrogen) atoms. The third-order valence-electron chi connectivity index (χ3n) is 5.32. The maximum absolute atomic E-state index is 12.6. The number of hydrogen-bond donors (Lipinski definition) is 2. The minimum Gasteiger partial charge on any atom is -0.357 e. The van der Waals surface area contributed by atoms with Crippen molar-refractivity contribution in [1.82, 2.24) is 19.9 Å². The molecule has 0 bridgehead atoms. The number of H-pyrrole nitrogens is 1. The highest BCUT2D eigenvalue weighted by Gasteiger charge is 2.15. The molecule has 1 aliphatic rings. The van der Waals surface area contributed by atoms with Crippen LogP contribution in [0.4, 0.5) is 11.5 Å². The van der Waals surface area contributed by atoms with Crippen LogP contribution in [0.2, 0.25) is 0 Å². The number of aromatic amines is 1. The van der Waals surface area contributed by atoms with Gasteiger partial charge >= 0.3 is 0 Å². The Labute approximate surface area is 178 Å². The fraction of sp³-hybridized carbons (Fsp3) is 0.174. The lowest BCUT2D eigenvalue weighted by Crippen LogP contribution is -2.19. The summed E-state index contributed by atoms with van der Waals surface area (Å²) in [5, 5.41) is 11.8. The SMILES string of the molecule is N#Cc1ccc(-c2nc3ccc(NC(=O)c4ccc(N5CCCC5)nc4)cc3[nH]2)nc1. The second kappa shape index (κ2) is 7.88. The van der Waals surface area contributed by atoms with Crippen molar-refractivity contribution >= 4 is 28.4 Å². The lowest BCUT2D eigenvalue weighted by molar-refractivity contribution is 0.102. The average Bonchev–Trinajstić information content (AvgIpc) is 3.49. The van der Waals surface area contributed by atoms with E-state index < -0.39 is 0 Å². The van der Waals surface area contributed by atoms with Crippen LogP contribution in [0, 0.1) is 11.3 Å². The number of imidazole rings is 1. The van der Waals surface area contributed by atoms with Crippen molar-refractivity contribution in [3.8, 4) is 17.6 Å². The number of nitriles is 1. The highest BCUT2D eigenvalue weighted by molar-refractivity contribution is 6.04. The van der Waals surface area contributed by atoms with Crippen LogP contribution in [0.15, 0.2) is 54.9 Å². The van der Waals surface area contributed by atoms with Gasteiger partial charge in [0.2, 0.25) is 0 Å². The van der Waals surface area contributed by atoms with Gasteiger partial charge in [-0.15, -0.1) is 0 Å². The van der Waals surface area contributed by atoms with Crippen LogP contribution in [0.1, 0.15) is 28.8 Å². The zero-order chi connectivity index (χ0) is 21.2. The largest absolute Gasteiger partial charge is 0.357 e. The number of pyridine rings is 2. The molecule has 152 valence electrons. The van der Waals surface area contributed by atoms with Crippen LogP contribution in [-0.2, 0) is 0 Å². The van der Waals surface area contributed by atoms with Crippen LogP contribution >= 0.6 is 0 Å². The summed E-state index contributed by atoms with van der Waals surface area (Å²) in [6, 6.07) is 14.7. The Morgan fingerprint density at radius 3 is 2.65 bits per heavy atom. The van der Waals surface area contributed by atoms with E-state index in [9.17, 15) is 4.79 Å². The van der Waals surface area contributed by atoms with Crippen LogP contribution in [0.5, 0.6) is 0 Å². The van der Waals surface area contributed by atoms with E-state index in [-0.39, 0.29) is 5.91 Å². The van der Waals surface area contributed by atoms with E-state index in [4.69, 9.17) is 5.26 Å². The second-order valence-electron chi connectivity index (χ2n) is 7.41.